The summed E-state index contributed by atoms with van der Waals surface area (Å²) in [5.74, 6) is -0.321. The molecule has 7 heteroatoms. The molecule has 128 valence electrons. The van der Waals surface area contributed by atoms with Crippen LogP contribution in [0.3, 0.4) is 0 Å². The van der Waals surface area contributed by atoms with Gasteiger partial charge in [-0.25, -0.2) is 4.98 Å². The molecular weight excluding hydrogens is 308 g/mol. The van der Waals surface area contributed by atoms with Crippen molar-refractivity contribution in [1.29, 1.82) is 0 Å². The Hall–Kier alpha value is -2.25. The van der Waals surface area contributed by atoms with E-state index in [-0.39, 0.29) is 17.0 Å². The van der Waals surface area contributed by atoms with Gasteiger partial charge in [-0.3, -0.25) is 14.2 Å². The molecule has 0 aromatic carbocycles. The molecule has 1 saturated heterocycles. The number of quaternary nitrogens is 1. The van der Waals surface area contributed by atoms with E-state index in [1.54, 1.807) is 25.4 Å². The second-order valence-corrected chi connectivity index (χ2v) is 6.06. The van der Waals surface area contributed by atoms with E-state index in [9.17, 15) is 9.59 Å². The van der Waals surface area contributed by atoms with Gasteiger partial charge in [-0.15, -0.1) is 0 Å². The number of nitrogens with zero attached hydrogens (tertiary/aromatic N) is 2. The van der Waals surface area contributed by atoms with Crippen LogP contribution in [-0.4, -0.2) is 54.9 Å². The first-order valence-electron chi connectivity index (χ1n) is 8.31. The summed E-state index contributed by atoms with van der Waals surface area (Å²) in [7, 11) is 1.64. The smallest absolute Gasteiger partial charge is 0.264 e. The first kappa shape index (κ1) is 16.6. The topological polar surface area (TPSA) is 77.7 Å². The Morgan fingerprint density at radius 2 is 2.21 bits per heavy atom. The fourth-order valence-electron chi connectivity index (χ4n) is 3.00. The van der Waals surface area contributed by atoms with E-state index < -0.39 is 0 Å². The minimum atomic E-state index is -0.322. The van der Waals surface area contributed by atoms with Gasteiger partial charge in [0.25, 0.3) is 11.5 Å². The van der Waals surface area contributed by atoms with Crippen molar-refractivity contribution >= 4 is 16.9 Å². The second-order valence-electron chi connectivity index (χ2n) is 6.06. The predicted molar refractivity (Wildman–Crippen MR) is 90.3 cm³/mol. The third-order valence-corrected chi connectivity index (χ3v) is 4.41. The summed E-state index contributed by atoms with van der Waals surface area (Å²) in [5, 5.41) is 3.63. The standard InChI is InChI=1S/C17H22N4O3/c1-20-15-13(4-2-5-18-15)12-14(17(20)23)16(22)19-6-3-7-21-8-10-24-11-9-21/h2,4-5,12H,3,6-11H2,1H3,(H,19,22)/p+1. The van der Waals surface area contributed by atoms with Crippen LogP contribution in [0.2, 0.25) is 0 Å². The zero-order chi connectivity index (χ0) is 16.9. The van der Waals surface area contributed by atoms with Gasteiger partial charge in [0, 0.05) is 31.6 Å². The number of pyridine rings is 2. The Balaban J connectivity index is 1.61. The molecular formula is C17H23N4O3+. The number of fused-ring (bicyclic) bond motifs is 1. The monoisotopic (exact) mass is 331 g/mol. The zero-order valence-electron chi connectivity index (χ0n) is 13.9. The molecule has 2 aromatic heterocycles. The van der Waals surface area contributed by atoms with E-state index in [2.05, 4.69) is 10.3 Å². The largest absolute Gasteiger partial charge is 0.370 e. The van der Waals surface area contributed by atoms with E-state index in [4.69, 9.17) is 4.74 Å². The first-order valence-corrected chi connectivity index (χ1v) is 8.31. The van der Waals surface area contributed by atoms with Crippen molar-refractivity contribution in [3.8, 4) is 0 Å². The number of ether oxygens (including phenoxy) is 1. The molecule has 1 amide bonds. The van der Waals surface area contributed by atoms with Crippen molar-refractivity contribution in [2.75, 3.05) is 39.4 Å². The van der Waals surface area contributed by atoms with E-state index in [1.165, 1.54) is 9.47 Å². The van der Waals surface area contributed by atoms with Gasteiger partial charge >= 0.3 is 0 Å². The van der Waals surface area contributed by atoms with Crippen LogP contribution in [0.1, 0.15) is 16.8 Å². The number of hydrogen-bond acceptors (Lipinski definition) is 4. The zero-order valence-corrected chi connectivity index (χ0v) is 13.9. The van der Waals surface area contributed by atoms with Gasteiger partial charge in [-0.2, -0.15) is 0 Å². The highest BCUT2D eigenvalue weighted by Gasteiger charge is 2.16. The molecule has 1 aliphatic rings. The number of morpholine rings is 1. The lowest BCUT2D eigenvalue weighted by Gasteiger charge is -2.23. The number of carbonyl (C=O) groups excluding carboxylic acids is 1. The Bertz CT molecular complexity index is 781. The second kappa shape index (κ2) is 7.55. The van der Waals surface area contributed by atoms with E-state index >= 15 is 0 Å². The molecule has 24 heavy (non-hydrogen) atoms. The Morgan fingerprint density at radius 1 is 1.42 bits per heavy atom. The van der Waals surface area contributed by atoms with Crippen LogP contribution < -0.4 is 15.8 Å². The summed E-state index contributed by atoms with van der Waals surface area (Å²) in [6, 6.07) is 5.26. The number of carbonyl (C=O) groups is 1. The molecule has 0 saturated carbocycles. The molecule has 0 aliphatic carbocycles. The van der Waals surface area contributed by atoms with Crippen molar-refractivity contribution in [2.24, 2.45) is 7.05 Å². The molecule has 1 aliphatic heterocycles. The molecule has 7 nitrogen and oxygen atoms in total. The Labute approximate surface area is 140 Å². The Morgan fingerprint density at radius 3 is 3.00 bits per heavy atom. The van der Waals surface area contributed by atoms with Crippen molar-refractivity contribution in [3.63, 3.8) is 0 Å². The fraction of sp³-hybridized carbons (Fsp3) is 0.471. The third-order valence-electron chi connectivity index (χ3n) is 4.41. The molecule has 0 spiro atoms. The van der Waals surface area contributed by atoms with Gasteiger partial charge in [0.15, 0.2) is 0 Å². The summed E-state index contributed by atoms with van der Waals surface area (Å²) in [5.41, 5.74) is 0.421. The van der Waals surface area contributed by atoms with Crippen LogP contribution in [0, 0.1) is 0 Å². The third kappa shape index (κ3) is 3.63. The van der Waals surface area contributed by atoms with Crippen molar-refractivity contribution in [1.82, 2.24) is 14.9 Å². The van der Waals surface area contributed by atoms with Crippen molar-refractivity contribution < 1.29 is 14.4 Å². The van der Waals surface area contributed by atoms with Crippen molar-refractivity contribution in [2.45, 2.75) is 6.42 Å². The molecule has 1 fully saturated rings. The highest BCUT2D eigenvalue weighted by atomic mass is 16.5. The van der Waals surface area contributed by atoms with Crippen LogP contribution in [-0.2, 0) is 11.8 Å². The summed E-state index contributed by atoms with van der Waals surface area (Å²) in [4.78, 5) is 30.4. The minimum Gasteiger partial charge on any atom is -0.370 e. The van der Waals surface area contributed by atoms with Gasteiger partial charge in [0.2, 0.25) is 0 Å². The molecule has 2 N–H and O–H groups in total. The molecule has 0 atom stereocenters. The summed E-state index contributed by atoms with van der Waals surface area (Å²) in [6.45, 7) is 5.23. The summed E-state index contributed by atoms with van der Waals surface area (Å²) in [6.07, 6.45) is 2.52. The summed E-state index contributed by atoms with van der Waals surface area (Å²) < 4.78 is 6.75. The van der Waals surface area contributed by atoms with E-state index in [1.807, 2.05) is 6.07 Å². The summed E-state index contributed by atoms with van der Waals surface area (Å²) >= 11 is 0. The SMILES string of the molecule is Cn1c(=O)c(C(=O)NCCC[NH+]2CCOCC2)cc2cccnc21. The average molecular weight is 331 g/mol. The predicted octanol–water partition coefficient (Wildman–Crippen LogP) is -1.03. The molecule has 0 radical (unpaired) electrons. The molecule has 3 heterocycles. The van der Waals surface area contributed by atoms with Crippen molar-refractivity contribution in [3.05, 3.63) is 40.3 Å². The number of nitrogens with one attached hydrogen (secondary N) is 2. The maximum Gasteiger partial charge on any atom is 0.264 e. The normalized spacial score (nSPS) is 15.5. The van der Waals surface area contributed by atoms with Gasteiger partial charge in [-0.1, -0.05) is 0 Å². The molecule has 0 unspecified atom stereocenters. The molecule has 0 bridgehead atoms. The molecule has 3 rings (SSSR count). The highest BCUT2D eigenvalue weighted by Crippen LogP contribution is 2.09. The number of aromatic nitrogens is 2. The maximum atomic E-state index is 12.3. The van der Waals surface area contributed by atoms with Crippen LogP contribution in [0.4, 0.5) is 0 Å². The quantitative estimate of drug-likeness (QED) is 0.687. The number of hydrogen-bond donors (Lipinski definition) is 2. The highest BCUT2D eigenvalue weighted by molar-refractivity contribution is 5.96. The van der Waals surface area contributed by atoms with E-state index in [0.29, 0.717) is 12.2 Å². The van der Waals surface area contributed by atoms with Gasteiger partial charge in [0.1, 0.15) is 24.3 Å². The molecule has 2 aromatic rings. The Kier molecular flexibility index (Phi) is 5.22. The minimum absolute atomic E-state index is 0.164. The van der Waals surface area contributed by atoms with Crippen LogP contribution >= 0.6 is 0 Å². The lowest BCUT2D eigenvalue weighted by Crippen LogP contribution is -3.14. The lowest BCUT2D eigenvalue weighted by atomic mass is 10.2. The van der Waals surface area contributed by atoms with E-state index in [0.717, 1.165) is 44.7 Å². The van der Waals surface area contributed by atoms with Gasteiger partial charge in [0.05, 0.1) is 19.8 Å². The fourth-order valence-corrected chi connectivity index (χ4v) is 3.00. The van der Waals surface area contributed by atoms with Gasteiger partial charge in [-0.05, 0) is 18.2 Å². The first-order chi connectivity index (χ1) is 11.7. The average Bonchev–Trinajstić information content (AvgIpc) is 2.62. The van der Waals surface area contributed by atoms with Crippen LogP contribution in [0.25, 0.3) is 11.0 Å². The number of rotatable bonds is 5. The lowest BCUT2D eigenvalue weighted by molar-refractivity contribution is -0.908. The maximum absolute atomic E-state index is 12.3. The van der Waals surface area contributed by atoms with Crippen LogP contribution in [0.15, 0.2) is 29.2 Å². The number of aryl methyl sites for hydroxylation is 1. The number of amides is 1. The van der Waals surface area contributed by atoms with Crippen LogP contribution in [0.5, 0.6) is 0 Å². The van der Waals surface area contributed by atoms with Gasteiger partial charge < -0.3 is 15.0 Å².